The van der Waals surface area contributed by atoms with Crippen LogP contribution < -0.4 is 15.2 Å². The minimum absolute atomic E-state index is 0.0613. The first kappa shape index (κ1) is 21.3. The molecule has 1 saturated heterocycles. The zero-order valence-corrected chi connectivity index (χ0v) is 17.2. The summed E-state index contributed by atoms with van der Waals surface area (Å²) in [5.41, 5.74) is 2.51. The van der Waals surface area contributed by atoms with E-state index in [0.717, 1.165) is 22.9 Å². The molecule has 1 aliphatic heterocycles. The van der Waals surface area contributed by atoms with Crippen molar-refractivity contribution in [2.45, 2.75) is 24.7 Å². The van der Waals surface area contributed by atoms with Gasteiger partial charge in [-0.3, -0.25) is 14.9 Å². The summed E-state index contributed by atoms with van der Waals surface area (Å²) >= 11 is 0.975. The second-order valence-corrected chi connectivity index (χ2v) is 8.88. The van der Waals surface area contributed by atoms with E-state index in [1.807, 2.05) is 19.1 Å². The number of ether oxygens (including phenoxy) is 1. The number of carbonyl (C=O) groups is 2. The fourth-order valence-corrected chi connectivity index (χ4v) is 4.11. The molecule has 3 N–H and O–H groups in total. The van der Waals surface area contributed by atoms with Crippen molar-refractivity contribution < 1.29 is 26.9 Å². The van der Waals surface area contributed by atoms with Crippen molar-refractivity contribution in [2.75, 3.05) is 6.61 Å². The Balaban J connectivity index is 1.63. The number of imide groups is 1. The number of aryl methyl sites for hydroxylation is 1. The number of carbonyl (C=O) groups excluding carboxylic acids is 2. The fourth-order valence-electron chi connectivity index (χ4n) is 2.76. The number of hydrogen-bond donors (Lipinski definition) is 2. The summed E-state index contributed by atoms with van der Waals surface area (Å²) in [4.78, 5) is 22.9. The normalized spacial score (nSPS) is 17.8. The Bertz CT molecular complexity index is 990. The Hall–Kier alpha value is -2.40. The zero-order chi connectivity index (χ0) is 21.0. The molecular weight excluding hydrogens is 416 g/mol. The maximum Gasteiger partial charge on any atom is 0.333 e. The maximum atomic E-state index is 11.7. The van der Waals surface area contributed by atoms with E-state index in [0.29, 0.717) is 17.7 Å². The fraction of sp³-hybridized carbons (Fsp3) is 0.263. The second kappa shape index (κ2) is 8.95. The smallest absolute Gasteiger partial charge is 0.333 e. The van der Waals surface area contributed by atoms with Crippen LogP contribution in [-0.4, -0.2) is 31.4 Å². The van der Waals surface area contributed by atoms with Crippen molar-refractivity contribution in [3.63, 3.8) is 0 Å². The summed E-state index contributed by atoms with van der Waals surface area (Å²) in [5, 5.41) is 6.51. The van der Waals surface area contributed by atoms with E-state index in [4.69, 9.17) is 14.1 Å². The van der Waals surface area contributed by atoms with Crippen LogP contribution in [0.15, 0.2) is 48.5 Å². The molecule has 2 unspecified atom stereocenters. The van der Waals surface area contributed by atoms with Crippen LogP contribution in [0.1, 0.15) is 22.8 Å². The molecule has 0 saturated carbocycles. The number of nitrogens with one attached hydrogen (secondary N) is 1. The van der Waals surface area contributed by atoms with Crippen LogP contribution in [-0.2, 0) is 25.7 Å². The number of hydrogen-bond acceptors (Lipinski definition) is 7. The standard InChI is InChI=1S/C19H20N2O6S2/c1-12-2-6-14(7-3-12)16(27-29(20,24)25)11-26-15-8-4-13(5-9-15)10-17-18(22)21-19(23)28-17/h2-9,16-17H,10-11H2,1H3,(H2,20,24,25)(H,21,22,23). The van der Waals surface area contributed by atoms with Gasteiger partial charge in [-0.2, -0.15) is 8.42 Å². The van der Waals surface area contributed by atoms with Gasteiger partial charge >= 0.3 is 10.3 Å². The van der Waals surface area contributed by atoms with Gasteiger partial charge in [-0.25, -0.2) is 9.32 Å². The number of benzene rings is 2. The van der Waals surface area contributed by atoms with Gasteiger partial charge in [-0.15, -0.1) is 0 Å². The summed E-state index contributed by atoms with van der Waals surface area (Å²) in [7, 11) is -4.16. The van der Waals surface area contributed by atoms with Crippen molar-refractivity contribution >= 4 is 33.2 Å². The lowest BCUT2D eigenvalue weighted by Gasteiger charge is -2.18. The Morgan fingerprint density at radius 3 is 2.31 bits per heavy atom. The summed E-state index contributed by atoms with van der Waals surface area (Å²) in [6.45, 7) is 1.86. The molecular formula is C19H20N2O6S2. The Labute approximate surface area is 173 Å². The molecule has 0 aliphatic carbocycles. The van der Waals surface area contributed by atoms with Gasteiger partial charge in [0.2, 0.25) is 5.91 Å². The molecule has 2 aromatic carbocycles. The Kier molecular flexibility index (Phi) is 6.58. The van der Waals surface area contributed by atoms with Crippen LogP contribution in [0.3, 0.4) is 0 Å². The van der Waals surface area contributed by atoms with Crippen LogP contribution in [0, 0.1) is 6.92 Å². The van der Waals surface area contributed by atoms with Crippen LogP contribution >= 0.6 is 11.8 Å². The van der Waals surface area contributed by atoms with Crippen molar-refractivity contribution in [1.29, 1.82) is 0 Å². The van der Waals surface area contributed by atoms with Gasteiger partial charge in [0.1, 0.15) is 18.5 Å². The predicted octanol–water partition coefficient (Wildman–Crippen LogP) is 2.23. The number of amides is 2. The summed E-state index contributed by atoms with van der Waals surface area (Å²) in [5.74, 6) is 0.213. The molecule has 8 nitrogen and oxygen atoms in total. The molecule has 0 bridgehead atoms. The lowest BCUT2D eigenvalue weighted by molar-refractivity contribution is -0.118. The molecule has 29 heavy (non-hydrogen) atoms. The molecule has 3 rings (SSSR count). The summed E-state index contributed by atoms with van der Waals surface area (Å²) < 4.78 is 33.4. The largest absolute Gasteiger partial charge is 0.490 e. The lowest BCUT2D eigenvalue weighted by atomic mass is 10.1. The Morgan fingerprint density at radius 2 is 1.76 bits per heavy atom. The molecule has 2 atom stereocenters. The van der Waals surface area contributed by atoms with E-state index in [-0.39, 0.29) is 17.8 Å². The molecule has 1 aliphatic rings. The second-order valence-electron chi connectivity index (χ2n) is 6.53. The van der Waals surface area contributed by atoms with Gasteiger partial charge in [-0.1, -0.05) is 53.7 Å². The van der Waals surface area contributed by atoms with Gasteiger partial charge in [0.05, 0.1) is 5.25 Å². The van der Waals surface area contributed by atoms with Gasteiger partial charge in [0, 0.05) is 0 Å². The number of thioether (sulfide) groups is 1. The first-order chi connectivity index (χ1) is 13.7. The highest BCUT2D eigenvalue weighted by molar-refractivity contribution is 8.15. The highest BCUT2D eigenvalue weighted by atomic mass is 32.2. The summed E-state index contributed by atoms with van der Waals surface area (Å²) in [6.07, 6.45) is -0.474. The highest BCUT2D eigenvalue weighted by Gasteiger charge is 2.31. The molecule has 2 amide bonds. The van der Waals surface area contributed by atoms with Crippen molar-refractivity contribution in [1.82, 2.24) is 5.32 Å². The first-order valence-corrected chi connectivity index (χ1v) is 11.1. The average Bonchev–Trinajstić information content (AvgIpc) is 2.96. The lowest BCUT2D eigenvalue weighted by Crippen LogP contribution is -2.25. The van der Waals surface area contributed by atoms with Crippen LogP contribution in [0.4, 0.5) is 4.79 Å². The Morgan fingerprint density at radius 1 is 1.10 bits per heavy atom. The number of rotatable bonds is 8. The molecule has 0 aromatic heterocycles. The van der Waals surface area contributed by atoms with E-state index >= 15 is 0 Å². The highest BCUT2D eigenvalue weighted by Crippen LogP contribution is 2.25. The third-order valence-electron chi connectivity index (χ3n) is 4.21. The number of nitrogens with two attached hydrogens (primary N) is 1. The minimum Gasteiger partial charge on any atom is -0.490 e. The minimum atomic E-state index is -4.16. The zero-order valence-electron chi connectivity index (χ0n) is 15.5. The molecule has 154 valence electrons. The molecule has 1 heterocycles. The molecule has 2 aromatic rings. The van der Waals surface area contributed by atoms with Gasteiger partial charge < -0.3 is 4.74 Å². The van der Waals surface area contributed by atoms with Crippen molar-refractivity contribution in [2.24, 2.45) is 5.14 Å². The van der Waals surface area contributed by atoms with Gasteiger partial charge in [-0.05, 0) is 36.6 Å². The van der Waals surface area contributed by atoms with Crippen molar-refractivity contribution in [3.8, 4) is 5.75 Å². The maximum absolute atomic E-state index is 11.7. The molecule has 0 radical (unpaired) electrons. The quantitative estimate of drug-likeness (QED) is 0.650. The van der Waals surface area contributed by atoms with E-state index < -0.39 is 21.7 Å². The monoisotopic (exact) mass is 436 g/mol. The van der Waals surface area contributed by atoms with Gasteiger partial charge in [0.25, 0.3) is 5.24 Å². The predicted molar refractivity (Wildman–Crippen MR) is 109 cm³/mol. The molecule has 0 spiro atoms. The molecule has 10 heteroatoms. The summed E-state index contributed by atoms with van der Waals surface area (Å²) in [6, 6.07) is 14.2. The van der Waals surface area contributed by atoms with Crippen LogP contribution in [0.25, 0.3) is 0 Å². The topological polar surface area (TPSA) is 125 Å². The first-order valence-electron chi connectivity index (χ1n) is 8.70. The van der Waals surface area contributed by atoms with Crippen LogP contribution in [0.2, 0.25) is 0 Å². The van der Waals surface area contributed by atoms with Crippen molar-refractivity contribution in [3.05, 3.63) is 65.2 Å². The van der Waals surface area contributed by atoms with E-state index in [1.54, 1.807) is 36.4 Å². The SMILES string of the molecule is Cc1ccc(C(COc2ccc(CC3SC(=O)NC3=O)cc2)OS(N)(=O)=O)cc1. The van der Waals surface area contributed by atoms with E-state index in [1.165, 1.54) is 0 Å². The van der Waals surface area contributed by atoms with Gasteiger partial charge in [0.15, 0.2) is 0 Å². The van der Waals surface area contributed by atoms with E-state index in [2.05, 4.69) is 5.32 Å². The van der Waals surface area contributed by atoms with Crippen LogP contribution in [0.5, 0.6) is 5.75 Å². The third-order valence-corrected chi connectivity index (χ3v) is 5.69. The third kappa shape index (κ3) is 6.29. The molecule has 1 fully saturated rings. The average molecular weight is 437 g/mol. The van der Waals surface area contributed by atoms with E-state index in [9.17, 15) is 18.0 Å².